The van der Waals surface area contributed by atoms with Crippen LogP contribution in [0, 0.1) is 0 Å². The van der Waals surface area contributed by atoms with Gasteiger partial charge in [0, 0.05) is 23.8 Å². The van der Waals surface area contributed by atoms with E-state index >= 15 is 0 Å². The zero-order valence-corrected chi connectivity index (χ0v) is 15.4. The number of rotatable bonds is 1. The molecule has 0 saturated carbocycles. The van der Waals surface area contributed by atoms with E-state index in [4.69, 9.17) is 11.5 Å². The Labute approximate surface area is 160 Å². The van der Waals surface area contributed by atoms with Crippen molar-refractivity contribution in [1.82, 2.24) is 9.78 Å². The van der Waals surface area contributed by atoms with Crippen LogP contribution in [0.3, 0.4) is 0 Å². The maximum absolute atomic E-state index is 13.4. The van der Waals surface area contributed by atoms with Crippen molar-refractivity contribution in [3.05, 3.63) is 40.6 Å². The summed E-state index contributed by atoms with van der Waals surface area (Å²) >= 11 is 0. The summed E-state index contributed by atoms with van der Waals surface area (Å²) in [6.45, 7) is 2.12. The average molecular weight is 393 g/mol. The van der Waals surface area contributed by atoms with Gasteiger partial charge in [-0.15, -0.1) is 0 Å². The van der Waals surface area contributed by atoms with Crippen molar-refractivity contribution < 1.29 is 18.0 Å². The maximum atomic E-state index is 13.4. The van der Waals surface area contributed by atoms with Crippen molar-refractivity contribution in [2.75, 3.05) is 17.6 Å². The van der Waals surface area contributed by atoms with Crippen molar-refractivity contribution in [3.63, 3.8) is 0 Å². The lowest BCUT2D eigenvalue weighted by Gasteiger charge is -2.35. The highest BCUT2D eigenvalue weighted by Gasteiger charge is 2.43. The van der Waals surface area contributed by atoms with Crippen LogP contribution < -0.4 is 16.8 Å². The highest BCUT2D eigenvalue weighted by Crippen LogP contribution is 2.42. The van der Waals surface area contributed by atoms with E-state index in [0.717, 1.165) is 34.5 Å². The number of aromatic nitrogens is 2. The molecule has 9 heteroatoms. The summed E-state index contributed by atoms with van der Waals surface area (Å²) in [5.74, 6) is -0.182. The first-order valence-electron chi connectivity index (χ1n) is 9.23. The van der Waals surface area contributed by atoms with Gasteiger partial charge in [0.05, 0.1) is 16.7 Å². The Balaban J connectivity index is 1.79. The number of halogens is 3. The van der Waals surface area contributed by atoms with Crippen LogP contribution in [-0.4, -0.2) is 28.3 Å². The first-order chi connectivity index (χ1) is 13.1. The number of nitrogen functional groups attached to an aromatic ring is 1. The Morgan fingerprint density at radius 2 is 2.14 bits per heavy atom. The lowest BCUT2D eigenvalue weighted by Crippen LogP contribution is -2.42. The molecule has 2 heterocycles. The molecule has 5 N–H and O–H groups in total. The van der Waals surface area contributed by atoms with Crippen molar-refractivity contribution in [3.8, 4) is 0 Å². The standard InChI is InChI=1S/C19H22F3N5O/c1-18(6-7-25-15-4-2-10(8-13(15)18)19(20,21)22)17(28)27-16(24)12-9-11(23)3-5-14(12)26-27/h2,4,8,11,25H,3,5-7,9,23-24H2,1H3. The third-order valence-electron chi connectivity index (χ3n) is 5.87. The summed E-state index contributed by atoms with van der Waals surface area (Å²) < 4.78 is 40.9. The molecule has 0 fully saturated rings. The molecule has 1 aromatic heterocycles. The van der Waals surface area contributed by atoms with Gasteiger partial charge >= 0.3 is 6.18 Å². The second-order valence-electron chi connectivity index (χ2n) is 7.80. The van der Waals surface area contributed by atoms with E-state index in [1.54, 1.807) is 6.92 Å². The molecule has 0 spiro atoms. The van der Waals surface area contributed by atoms with E-state index in [9.17, 15) is 18.0 Å². The number of carbonyl (C=O) groups is 1. The molecule has 2 aromatic rings. The minimum atomic E-state index is -4.49. The largest absolute Gasteiger partial charge is 0.416 e. The number of fused-ring (bicyclic) bond motifs is 2. The van der Waals surface area contributed by atoms with Crippen LogP contribution in [0.1, 0.15) is 46.9 Å². The van der Waals surface area contributed by atoms with Crippen LogP contribution in [0.5, 0.6) is 0 Å². The van der Waals surface area contributed by atoms with Gasteiger partial charge in [-0.1, -0.05) is 0 Å². The number of anilines is 2. The van der Waals surface area contributed by atoms with E-state index in [1.165, 1.54) is 6.07 Å². The Morgan fingerprint density at radius 3 is 2.86 bits per heavy atom. The second kappa shape index (κ2) is 6.23. The smallest absolute Gasteiger partial charge is 0.385 e. The SMILES string of the molecule is CC1(C(=O)n2nc3c(c2N)CC(N)CC3)CCNc2ccc(C(F)(F)F)cc21. The quantitative estimate of drug-likeness (QED) is 0.692. The molecule has 28 heavy (non-hydrogen) atoms. The van der Waals surface area contributed by atoms with Gasteiger partial charge in [-0.05, 0) is 56.4 Å². The van der Waals surface area contributed by atoms with Gasteiger partial charge in [-0.2, -0.15) is 23.0 Å². The van der Waals surface area contributed by atoms with E-state index in [0.29, 0.717) is 37.1 Å². The molecule has 6 nitrogen and oxygen atoms in total. The number of nitrogens with zero attached hydrogens (tertiary/aromatic N) is 2. The van der Waals surface area contributed by atoms with E-state index in [-0.39, 0.29) is 11.9 Å². The number of nitrogens with one attached hydrogen (secondary N) is 1. The topological polar surface area (TPSA) is 99.0 Å². The van der Waals surface area contributed by atoms with E-state index < -0.39 is 23.1 Å². The van der Waals surface area contributed by atoms with E-state index in [2.05, 4.69) is 10.4 Å². The molecule has 4 rings (SSSR count). The summed E-state index contributed by atoms with van der Waals surface area (Å²) in [6, 6.07) is 3.41. The van der Waals surface area contributed by atoms with Gasteiger partial charge in [-0.3, -0.25) is 4.79 Å². The van der Waals surface area contributed by atoms with Crippen LogP contribution in [-0.2, 0) is 24.4 Å². The Morgan fingerprint density at radius 1 is 1.39 bits per heavy atom. The summed E-state index contributed by atoms with van der Waals surface area (Å²) in [7, 11) is 0. The van der Waals surface area contributed by atoms with E-state index in [1.807, 2.05) is 0 Å². The Bertz CT molecular complexity index is 952. The summed E-state index contributed by atoms with van der Waals surface area (Å²) in [4.78, 5) is 13.4. The highest BCUT2D eigenvalue weighted by atomic mass is 19.4. The van der Waals surface area contributed by atoms with Gasteiger partial charge in [0.25, 0.3) is 5.91 Å². The lowest BCUT2D eigenvalue weighted by molar-refractivity contribution is -0.137. The maximum Gasteiger partial charge on any atom is 0.416 e. The van der Waals surface area contributed by atoms with Crippen LogP contribution >= 0.6 is 0 Å². The number of benzene rings is 1. The van der Waals surface area contributed by atoms with Gasteiger partial charge in [0.2, 0.25) is 0 Å². The predicted octanol–water partition coefficient (Wildman–Crippen LogP) is 2.71. The molecule has 0 saturated heterocycles. The second-order valence-corrected chi connectivity index (χ2v) is 7.80. The molecule has 2 unspecified atom stereocenters. The number of carbonyl (C=O) groups excluding carboxylic acids is 1. The Hall–Kier alpha value is -2.55. The molecule has 2 aliphatic rings. The third-order valence-corrected chi connectivity index (χ3v) is 5.87. The number of hydrogen-bond donors (Lipinski definition) is 3. The number of aryl methyl sites for hydroxylation is 1. The van der Waals surface area contributed by atoms with Crippen LogP contribution in [0.2, 0.25) is 0 Å². The van der Waals surface area contributed by atoms with Crippen molar-refractivity contribution in [2.45, 2.75) is 50.2 Å². The fraction of sp³-hybridized carbons (Fsp3) is 0.474. The molecule has 0 radical (unpaired) electrons. The summed E-state index contributed by atoms with van der Waals surface area (Å²) in [5.41, 5.74) is 12.6. The van der Waals surface area contributed by atoms with Crippen LogP contribution in [0.4, 0.5) is 24.7 Å². The fourth-order valence-corrected chi connectivity index (χ4v) is 4.14. The molecule has 0 bridgehead atoms. The van der Waals surface area contributed by atoms with Gasteiger partial charge < -0.3 is 16.8 Å². The normalized spacial score (nSPS) is 24.2. The van der Waals surface area contributed by atoms with Crippen molar-refractivity contribution in [1.29, 1.82) is 0 Å². The molecule has 1 aliphatic carbocycles. The Kier molecular flexibility index (Phi) is 4.18. The van der Waals surface area contributed by atoms with Crippen molar-refractivity contribution in [2.24, 2.45) is 5.73 Å². The lowest BCUT2D eigenvalue weighted by atomic mass is 9.75. The summed E-state index contributed by atoms with van der Waals surface area (Å²) in [5, 5.41) is 7.47. The molecular weight excluding hydrogens is 371 g/mol. The zero-order chi connectivity index (χ0) is 20.3. The fourth-order valence-electron chi connectivity index (χ4n) is 4.14. The highest BCUT2D eigenvalue weighted by molar-refractivity contribution is 5.94. The molecule has 150 valence electrons. The number of hydrogen-bond acceptors (Lipinski definition) is 5. The van der Waals surface area contributed by atoms with Crippen molar-refractivity contribution >= 4 is 17.4 Å². The predicted molar refractivity (Wildman–Crippen MR) is 99.2 cm³/mol. The molecular formula is C19H22F3N5O. The van der Waals surface area contributed by atoms with Crippen LogP contribution in [0.15, 0.2) is 18.2 Å². The van der Waals surface area contributed by atoms with Gasteiger partial charge in [0.1, 0.15) is 5.82 Å². The first-order valence-corrected chi connectivity index (χ1v) is 9.23. The first kappa shape index (κ1) is 18.8. The minimum absolute atomic E-state index is 0.0351. The molecule has 0 amide bonds. The third kappa shape index (κ3) is 2.85. The summed E-state index contributed by atoms with van der Waals surface area (Å²) in [6.07, 6.45) is -2.22. The average Bonchev–Trinajstić information content (AvgIpc) is 2.96. The number of alkyl halides is 3. The van der Waals surface area contributed by atoms with Gasteiger partial charge in [-0.25, -0.2) is 0 Å². The monoisotopic (exact) mass is 393 g/mol. The molecule has 1 aromatic carbocycles. The van der Waals surface area contributed by atoms with Crippen LogP contribution in [0.25, 0.3) is 0 Å². The molecule has 2 atom stereocenters. The zero-order valence-electron chi connectivity index (χ0n) is 15.4. The number of nitrogens with two attached hydrogens (primary N) is 2. The molecule has 1 aliphatic heterocycles. The minimum Gasteiger partial charge on any atom is -0.385 e. The van der Waals surface area contributed by atoms with Gasteiger partial charge in [0.15, 0.2) is 0 Å².